The van der Waals surface area contributed by atoms with Gasteiger partial charge in [0.2, 0.25) is 23.6 Å². The smallest absolute Gasteiger partial charge is 0.323 e. The minimum absolute atomic E-state index is 0.0164. The van der Waals surface area contributed by atoms with Crippen molar-refractivity contribution in [1.82, 2.24) is 26.2 Å². The first-order valence-corrected chi connectivity index (χ1v) is 18.2. The molecule has 0 aromatic heterocycles. The van der Waals surface area contributed by atoms with Gasteiger partial charge in [-0.05, 0) is 68.0 Å². The van der Waals surface area contributed by atoms with Crippen LogP contribution in [-0.2, 0) is 30.4 Å². The molecule has 2 fully saturated rings. The molecule has 13 nitrogen and oxygen atoms in total. The second-order valence-corrected chi connectivity index (χ2v) is 14.1. The highest BCUT2D eigenvalue weighted by Gasteiger charge is 2.41. The highest BCUT2D eigenvalue weighted by Crippen LogP contribution is 2.33. The van der Waals surface area contributed by atoms with Gasteiger partial charge in [-0.3, -0.25) is 24.0 Å². The summed E-state index contributed by atoms with van der Waals surface area (Å²) in [6.45, 7) is 3.42. The number of unbranched alkanes of at least 4 members (excludes halogenated alkanes) is 1. The van der Waals surface area contributed by atoms with Gasteiger partial charge in [0.05, 0.1) is 6.54 Å². The van der Waals surface area contributed by atoms with Crippen molar-refractivity contribution < 1.29 is 29.1 Å². The molecule has 1 aliphatic heterocycles. The van der Waals surface area contributed by atoms with Gasteiger partial charge in [0, 0.05) is 26.1 Å². The summed E-state index contributed by atoms with van der Waals surface area (Å²) >= 11 is 0. The first-order chi connectivity index (χ1) is 24.5. The summed E-state index contributed by atoms with van der Waals surface area (Å²) < 4.78 is 0. The Balaban J connectivity index is 1.42. The molecule has 2 aromatic carbocycles. The number of piperidine rings is 1. The van der Waals surface area contributed by atoms with E-state index in [0.29, 0.717) is 38.8 Å². The molecule has 4 unspecified atom stereocenters. The summed E-state index contributed by atoms with van der Waals surface area (Å²) in [6.07, 6.45) is 4.32. The fraction of sp³-hybridized carbons (Fsp3) is 0.553. The number of nitrogens with one attached hydrogen (secondary N) is 4. The molecule has 9 N–H and O–H groups in total. The van der Waals surface area contributed by atoms with Crippen LogP contribution in [-0.4, -0.2) is 96.0 Å². The van der Waals surface area contributed by atoms with Crippen LogP contribution in [0.1, 0.15) is 75.3 Å². The molecule has 2 aromatic rings. The van der Waals surface area contributed by atoms with E-state index in [2.05, 4.69) is 28.2 Å². The van der Waals surface area contributed by atoms with Crippen molar-refractivity contribution in [3.8, 4) is 0 Å². The lowest BCUT2D eigenvalue weighted by Gasteiger charge is -2.38. The van der Waals surface area contributed by atoms with E-state index in [4.69, 9.17) is 11.5 Å². The quantitative estimate of drug-likeness (QED) is 0.0993. The average Bonchev–Trinajstić information content (AvgIpc) is 3.95. The SMILES string of the molecule is CC(CNCC(=O)NC(Cc1ccccc1)C(=O)NC(CC1CC1)C(=O)NC(CCCCN)C(=O)N1CCC(N)(C(=O)O)CC1)c1ccccc1. The normalized spacial score (nSPS) is 17.7. The fourth-order valence-corrected chi connectivity index (χ4v) is 6.38. The number of nitrogens with two attached hydrogens (primary N) is 2. The van der Waals surface area contributed by atoms with Crippen LogP contribution in [0.2, 0.25) is 0 Å². The number of carbonyl (C=O) groups excluding carboxylic acids is 4. The van der Waals surface area contributed by atoms with E-state index in [-0.39, 0.29) is 62.5 Å². The highest BCUT2D eigenvalue weighted by molar-refractivity contribution is 5.94. The first-order valence-electron chi connectivity index (χ1n) is 18.2. The van der Waals surface area contributed by atoms with Gasteiger partial charge in [-0.25, -0.2) is 0 Å². The van der Waals surface area contributed by atoms with Crippen molar-refractivity contribution in [3.63, 3.8) is 0 Å². The lowest BCUT2D eigenvalue weighted by atomic mass is 9.88. The van der Waals surface area contributed by atoms with E-state index in [0.717, 1.165) is 24.0 Å². The van der Waals surface area contributed by atoms with Crippen molar-refractivity contribution >= 4 is 29.6 Å². The van der Waals surface area contributed by atoms with Crippen LogP contribution in [0.4, 0.5) is 0 Å². The van der Waals surface area contributed by atoms with Crippen molar-refractivity contribution in [1.29, 1.82) is 0 Å². The number of nitrogens with zero attached hydrogens (tertiary/aromatic N) is 1. The molecule has 0 bridgehead atoms. The monoisotopic (exact) mass is 705 g/mol. The zero-order valence-electron chi connectivity index (χ0n) is 29.7. The third-order valence-electron chi connectivity index (χ3n) is 9.89. The van der Waals surface area contributed by atoms with Gasteiger partial charge in [-0.15, -0.1) is 0 Å². The summed E-state index contributed by atoms with van der Waals surface area (Å²) in [5.74, 6) is -2.26. The second kappa shape index (κ2) is 19.3. The molecule has 13 heteroatoms. The van der Waals surface area contributed by atoms with Crippen LogP contribution >= 0.6 is 0 Å². The first kappa shape index (κ1) is 39.5. The fourth-order valence-electron chi connectivity index (χ4n) is 6.38. The van der Waals surface area contributed by atoms with Crippen LogP contribution in [0, 0.1) is 5.92 Å². The third-order valence-corrected chi connectivity index (χ3v) is 9.89. The zero-order valence-corrected chi connectivity index (χ0v) is 29.7. The zero-order chi connectivity index (χ0) is 36.8. The molecule has 0 radical (unpaired) electrons. The van der Waals surface area contributed by atoms with Gasteiger partial charge in [0.1, 0.15) is 23.7 Å². The Hall–Kier alpha value is -4.33. The minimum Gasteiger partial charge on any atom is -0.480 e. The van der Waals surface area contributed by atoms with E-state index in [1.54, 1.807) is 4.90 Å². The molecule has 4 atom stereocenters. The van der Waals surface area contributed by atoms with Crippen LogP contribution in [0.3, 0.4) is 0 Å². The number of carboxylic acids is 1. The number of hydrogen-bond donors (Lipinski definition) is 7. The maximum atomic E-state index is 13.9. The van der Waals surface area contributed by atoms with E-state index < -0.39 is 41.4 Å². The molecule has 2 aliphatic rings. The molecule has 1 aliphatic carbocycles. The average molecular weight is 706 g/mol. The molecule has 1 saturated heterocycles. The van der Waals surface area contributed by atoms with Gasteiger partial charge in [0.15, 0.2) is 0 Å². The lowest BCUT2D eigenvalue weighted by molar-refractivity contribution is -0.148. The van der Waals surface area contributed by atoms with Crippen LogP contribution in [0.25, 0.3) is 0 Å². The molecule has 4 amide bonds. The van der Waals surface area contributed by atoms with Crippen LogP contribution in [0.5, 0.6) is 0 Å². The summed E-state index contributed by atoms with van der Waals surface area (Å²) in [5, 5.41) is 21.4. The van der Waals surface area contributed by atoms with Gasteiger partial charge in [-0.2, -0.15) is 0 Å². The van der Waals surface area contributed by atoms with E-state index >= 15 is 0 Å². The van der Waals surface area contributed by atoms with E-state index in [1.807, 2.05) is 60.7 Å². The number of carbonyl (C=O) groups is 5. The summed E-state index contributed by atoms with van der Waals surface area (Å²) in [5.41, 5.74) is 12.3. The topological polar surface area (TPSA) is 209 Å². The lowest BCUT2D eigenvalue weighted by Crippen LogP contribution is -2.60. The Morgan fingerprint density at radius 1 is 0.863 bits per heavy atom. The Labute approximate surface area is 300 Å². The maximum Gasteiger partial charge on any atom is 0.323 e. The van der Waals surface area contributed by atoms with Gasteiger partial charge in [-0.1, -0.05) is 80.4 Å². The molecule has 1 saturated carbocycles. The Morgan fingerprint density at radius 3 is 2.08 bits per heavy atom. The van der Waals surface area contributed by atoms with Crippen molar-refractivity contribution in [2.45, 2.75) is 94.3 Å². The number of benzene rings is 2. The largest absolute Gasteiger partial charge is 0.480 e. The Kier molecular flexibility index (Phi) is 15.0. The number of aliphatic carboxylic acids is 1. The molecular formula is C38H55N7O6. The number of amides is 4. The van der Waals surface area contributed by atoms with Gasteiger partial charge < -0.3 is 42.7 Å². The maximum absolute atomic E-state index is 13.9. The molecule has 0 spiro atoms. The van der Waals surface area contributed by atoms with E-state index in [1.165, 1.54) is 0 Å². The van der Waals surface area contributed by atoms with E-state index in [9.17, 15) is 29.1 Å². The van der Waals surface area contributed by atoms with Gasteiger partial charge in [0.25, 0.3) is 0 Å². The summed E-state index contributed by atoms with van der Waals surface area (Å²) in [6, 6.07) is 16.6. The number of rotatable bonds is 20. The van der Waals surface area contributed by atoms with Gasteiger partial charge >= 0.3 is 5.97 Å². The summed E-state index contributed by atoms with van der Waals surface area (Å²) in [7, 11) is 0. The molecule has 1 heterocycles. The summed E-state index contributed by atoms with van der Waals surface area (Å²) in [4.78, 5) is 67.7. The minimum atomic E-state index is -1.39. The predicted octanol–water partition coefficient (Wildman–Crippen LogP) is 1.41. The Morgan fingerprint density at radius 2 is 1.47 bits per heavy atom. The molecular weight excluding hydrogens is 650 g/mol. The molecule has 278 valence electrons. The number of carboxylic acid groups (broad SMARTS) is 1. The number of hydrogen-bond acceptors (Lipinski definition) is 8. The second-order valence-electron chi connectivity index (χ2n) is 14.1. The van der Waals surface area contributed by atoms with Crippen LogP contribution in [0.15, 0.2) is 60.7 Å². The van der Waals surface area contributed by atoms with Crippen molar-refractivity contribution in [2.75, 3.05) is 32.7 Å². The van der Waals surface area contributed by atoms with Crippen molar-refractivity contribution in [2.24, 2.45) is 17.4 Å². The predicted molar refractivity (Wildman–Crippen MR) is 194 cm³/mol. The molecule has 51 heavy (non-hydrogen) atoms. The van der Waals surface area contributed by atoms with Crippen LogP contribution < -0.4 is 32.7 Å². The third kappa shape index (κ3) is 12.4. The van der Waals surface area contributed by atoms with Crippen molar-refractivity contribution in [3.05, 3.63) is 71.8 Å². The highest BCUT2D eigenvalue weighted by atomic mass is 16.4. The number of likely N-dealkylation sites (tertiary alicyclic amines) is 1. The Bertz CT molecular complexity index is 1450. The standard InChI is InChI=1S/C38H55N7O6/c1-26(29-12-6-3-7-13-29)24-41-25-33(46)42-31(22-27-10-4-2-5-11-27)34(47)44-32(23-28-15-16-28)35(48)43-30(14-8-9-19-39)36(49)45-20-17-38(40,18-21-45)37(50)51/h2-7,10-13,26,28,30-32,41H,8-9,14-25,39-40H2,1H3,(H,42,46)(H,43,48)(H,44,47)(H,50,51). The molecule has 4 rings (SSSR count).